The first-order valence-corrected chi connectivity index (χ1v) is 5.23. The van der Waals surface area contributed by atoms with Crippen molar-refractivity contribution in [3.63, 3.8) is 0 Å². The van der Waals surface area contributed by atoms with Crippen molar-refractivity contribution in [2.45, 2.75) is 33.1 Å². The van der Waals surface area contributed by atoms with Gasteiger partial charge in [-0.2, -0.15) is 0 Å². The largest absolute Gasteiger partial charge is 0.462 e. The van der Waals surface area contributed by atoms with Gasteiger partial charge >= 0.3 is 5.97 Å². The predicted molar refractivity (Wildman–Crippen MR) is 61.1 cm³/mol. The van der Waals surface area contributed by atoms with Crippen molar-refractivity contribution in [3.8, 4) is 0 Å². The second-order valence-corrected chi connectivity index (χ2v) is 4.55. The van der Waals surface area contributed by atoms with Gasteiger partial charge in [0.25, 0.3) is 0 Å². The Morgan fingerprint density at radius 1 is 1.20 bits per heavy atom. The van der Waals surface area contributed by atoms with Crippen LogP contribution >= 0.6 is 0 Å². The Morgan fingerprint density at radius 3 is 2.13 bits per heavy atom. The van der Waals surface area contributed by atoms with Crippen molar-refractivity contribution in [3.05, 3.63) is 35.4 Å². The van der Waals surface area contributed by atoms with Crippen LogP contribution in [-0.2, 0) is 10.2 Å². The number of benzene rings is 1. The number of carbonyl (C=O) groups is 1. The average molecular weight is 206 g/mol. The van der Waals surface area contributed by atoms with Gasteiger partial charge in [-0.05, 0) is 30.0 Å². The van der Waals surface area contributed by atoms with Crippen LogP contribution in [0.25, 0.3) is 0 Å². The molecule has 0 spiro atoms. The molecule has 0 N–H and O–H groups in total. The first-order chi connectivity index (χ1) is 6.95. The van der Waals surface area contributed by atoms with Gasteiger partial charge in [0.05, 0.1) is 12.2 Å². The maximum atomic E-state index is 11.4. The van der Waals surface area contributed by atoms with Crippen molar-refractivity contribution < 1.29 is 9.53 Å². The maximum absolute atomic E-state index is 11.4. The molecule has 0 aromatic heterocycles. The van der Waals surface area contributed by atoms with Gasteiger partial charge in [-0.1, -0.05) is 32.9 Å². The Labute approximate surface area is 91.3 Å². The summed E-state index contributed by atoms with van der Waals surface area (Å²) in [5.41, 5.74) is 1.95. The SMILES string of the molecule is CCOC(=O)c1ccc(C(C)(C)C)cc1. The van der Waals surface area contributed by atoms with E-state index in [1.165, 1.54) is 5.56 Å². The van der Waals surface area contributed by atoms with Crippen molar-refractivity contribution in [1.82, 2.24) is 0 Å². The summed E-state index contributed by atoms with van der Waals surface area (Å²) < 4.78 is 4.91. The van der Waals surface area contributed by atoms with E-state index < -0.39 is 0 Å². The molecule has 0 fully saturated rings. The molecule has 1 aromatic carbocycles. The van der Waals surface area contributed by atoms with Crippen molar-refractivity contribution in [1.29, 1.82) is 0 Å². The number of hydrogen-bond acceptors (Lipinski definition) is 2. The smallest absolute Gasteiger partial charge is 0.338 e. The zero-order valence-corrected chi connectivity index (χ0v) is 9.83. The molecule has 0 saturated carbocycles. The van der Waals surface area contributed by atoms with Crippen LogP contribution in [0.1, 0.15) is 43.6 Å². The molecule has 0 unspecified atom stereocenters. The Morgan fingerprint density at radius 2 is 1.73 bits per heavy atom. The highest BCUT2D eigenvalue weighted by molar-refractivity contribution is 5.89. The fraction of sp³-hybridized carbons (Fsp3) is 0.462. The number of hydrogen-bond donors (Lipinski definition) is 0. The van der Waals surface area contributed by atoms with Crippen molar-refractivity contribution in [2.24, 2.45) is 0 Å². The summed E-state index contributed by atoms with van der Waals surface area (Å²) >= 11 is 0. The number of esters is 1. The monoisotopic (exact) mass is 206 g/mol. The summed E-state index contributed by atoms with van der Waals surface area (Å²) in [6.45, 7) is 8.66. The highest BCUT2D eigenvalue weighted by Gasteiger charge is 2.14. The van der Waals surface area contributed by atoms with E-state index in [4.69, 9.17) is 4.74 Å². The minimum atomic E-state index is -0.252. The zero-order chi connectivity index (χ0) is 11.5. The first-order valence-electron chi connectivity index (χ1n) is 5.23. The third-order valence-corrected chi connectivity index (χ3v) is 2.26. The van der Waals surface area contributed by atoms with Gasteiger partial charge in [0.1, 0.15) is 0 Å². The molecule has 1 aromatic rings. The molecule has 0 bridgehead atoms. The molecule has 0 radical (unpaired) electrons. The zero-order valence-electron chi connectivity index (χ0n) is 9.83. The number of carbonyl (C=O) groups excluding carboxylic acids is 1. The van der Waals surface area contributed by atoms with Crippen molar-refractivity contribution in [2.75, 3.05) is 6.61 Å². The van der Waals surface area contributed by atoms with Gasteiger partial charge in [0, 0.05) is 0 Å². The molecular formula is C13H18O2. The Hall–Kier alpha value is -1.31. The molecule has 0 atom stereocenters. The fourth-order valence-corrected chi connectivity index (χ4v) is 1.32. The molecule has 0 saturated heterocycles. The molecule has 0 aliphatic heterocycles. The molecule has 15 heavy (non-hydrogen) atoms. The highest BCUT2D eigenvalue weighted by atomic mass is 16.5. The lowest BCUT2D eigenvalue weighted by molar-refractivity contribution is 0.0526. The van der Waals surface area contributed by atoms with Crippen LogP contribution < -0.4 is 0 Å². The Kier molecular flexibility index (Phi) is 3.51. The second kappa shape index (κ2) is 4.47. The Bertz CT molecular complexity index is 331. The summed E-state index contributed by atoms with van der Waals surface area (Å²) in [5.74, 6) is -0.252. The highest BCUT2D eigenvalue weighted by Crippen LogP contribution is 2.22. The van der Waals surface area contributed by atoms with Crippen LogP contribution in [0, 0.1) is 0 Å². The molecule has 0 aliphatic carbocycles. The number of ether oxygens (including phenoxy) is 1. The van der Waals surface area contributed by atoms with Gasteiger partial charge in [-0.3, -0.25) is 0 Å². The van der Waals surface area contributed by atoms with E-state index in [-0.39, 0.29) is 11.4 Å². The minimum absolute atomic E-state index is 0.118. The normalized spacial score (nSPS) is 11.2. The van der Waals surface area contributed by atoms with Gasteiger partial charge in [-0.25, -0.2) is 4.79 Å². The fourth-order valence-electron chi connectivity index (χ4n) is 1.32. The quantitative estimate of drug-likeness (QED) is 0.695. The summed E-state index contributed by atoms with van der Waals surface area (Å²) in [6, 6.07) is 7.59. The van der Waals surface area contributed by atoms with E-state index in [0.29, 0.717) is 12.2 Å². The summed E-state index contributed by atoms with van der Waals surface area (Å²) in [7, 11) is 0. The van der Waals surface area contributed by atoms with Gasteiger partial charge in [-0.15, -0.1) is 0 Å². The predicted octanol–water partition coefficient (Wildman–Crippen LogP) is 3.16. The van der Waals surface area contributed by atoms with Gasteiger partial charge in [0.2, 0.25) is 0 Å². The summed E-state index contributed by atoms with van der Waals surface area (Å²) in [6.07, 6.45) is 0. The molecular weight excluding hydrogens is 188 g/mol. The lowest BCUT2D eigenvalue weighted by atomic mass is 9.87. The second-order valence-electron chi connectivity index (χ2n) is 4.55. The average Bonchev–Trinajstić information content (AvgIpc) is 2.17. The van der Waals surface area contributed by atoms with E-state index >= 15 is 0 Å². The molecule has 2 heteroatoms. The lowest BCUT2D eigenvalue weighted by Crippen LogP contribution is -2.11. The summed E-state index contributed by atoms with van der Waals surface area (Å²) in [5, 5.41) is 0. The van der Waals surface area contributed by atoms with Crippen molar-refractivity contribution >= 4 is 5.97 Å². The third kappa shape index (κ3) is 3.08. The van der Waals surface area contributed by atoms with Crippen LogP contribution in [-0.4, -0.2) is 12.6 Å². The molecule has 2 nitrogen and oxygen atoms in total. The lowest BCUT2D eigenvalue weighted by Gasteiger charge is -2.18. The van der Waals surface area contributed by atoms with Gasteiger partial charge in [0.15, 0.2) is 0 Å². The van der Waals surface area contributed by atoms with Crippen LogP contribution in [0.4, 0.5) is 0 Å². The summed E-state index contributed by atoms with van der Waals surface area (Å²) in [4.78, 5) is 11.4. The van der Waals surface area contributed by atoms with E-state index in [0.717, 1.165) is 0 Å². The molecule has 82 valence electrons. The Balaban J connectivity index is 2.86. The molecule has 0 aliphatic rings. The van der Waals surface area contributed by atoms with E-state index in [1.54, 1.807) is 6.92 Å². The van der Waals surface area contributed by atoms with Crippen LogP contribution in [0.3, 0.4) is 0 Å². The van der Waals surface area contributed by atoms with E-state index in [2.05, 4.69) is 20.8 Å². The van der Waals surface area contributed by atoms with Crippen LogP contribution in [0.15, 0.2) is 24.3 Å². The van der Waals surface area contributed by atoms with Crippen LogP contribution in [0.2, 0.25) is 0 Å². The topological polar surface area (TPSA) is 26.3 Å². The first kappa shape index (κ1) is 11.8. The van der Waals surface area contributed by atoms with E-state index in [1.807, 2.05) is 24.3 Å². The van der Waals surface area contributed by atoms with Gasteiger partial charge < -0.3 is 4.74 Å². The molecule has 0 amide bonds. The van der Waals surface area contributed by atoms with Crippen LogP contribution in [0.5, 0.6) is 0 Å². The maximum Gasteiger partial charge on any atom is 0.338 e. The minimum Gasteiger partial charge on any atom is -0.462 e. The molecule has 0 heterocycles. The number of rotatable bonds is 2. The third-order valence-electron chi connectivity index (χ3n) is 2.26. The van der Waals surface area contributed by atoms with E-state index in [9.17, 15) is 4.79 Å². The molecule has 1 rings (SSSR count). The standard InChI is InChI=1S/C13H18O2/c1-5-15-12(14)10-6-8-11(9-7-10)13(2,3)4/h6-9H,5H2,1-4H3.